The first-order chi connectivity index (χ1) is 8.53. The van der Waals surface area contributed by atoms with Crippen molar-refractivity contribution in [1.82, 2.24) is 4.72 Å². The van der Waals surface area contributed by atoms with Crippen LogP contribution in [0.2, 0.25) is 0 Å². The highest BCUT2D eigenvalue weighted by Crippen LogP contribution is 2.17. The molecular formula is C9H8F4N2O3S. The number of benzene rings is 1. The number of rotatable bonds is 4. The van der Waals surface area contributed by atoms with Gasteiger partial charge in [-0.3, -0.25) is 4.79 Å². The molecule has 19 heavy (non-hydrogen) atoms. The second kappa shape index (κ2) is 5.13. The van der Waals surface area contributed by atoms with Crippen LogP contribution in [0.4, 0.5) is 17.6 Å². The number of nitrogens with one attached hydrogen (secondary N) is 1. The van der Waals surface area contributed by atoms with Crippen molar-refractivity contribution < 1.29 is 30.8 Å². The van der Waals surface area contributed by atoms with Gasteiger partial charge < -0.3 is 5.73 Å². The van der Waals surface area contributed by atoms with Gasteiger partial charge in [0.1, 0.15) is 12.4 Å². The van der Waals surface area contributed by atoms with Gasteiger partial charge in [-0.2, -0.15) is 13.2 Å². The molecule has 0 saturated carbocycles. The largest absolute Gasteiger partial charge is 0.402 e. The molecule has 0 aliphatic rings. The summed E-state index contributed by atoms with van der Waals surface area (Å²) in [4.78, 5) is 10.1. The number of sulfonamides is 1. The maximum atomic E-state index is 13.1. The Bertz CT molecular complexity index is 598. The number of hydrogen-bond acceptors (Lipinski definition) is 3. The second-order valence-electron chi connectivity index (χ2n) is 3.45. The normalized spacial score (nSPS) is 12.4. The fraction of sp³-hybridized carbons (Fsp3) is 0.222. The zero-order valence-electron chi connectivity index (χ0n) is 9.16. The number of halogens is 4. The Morgan fingerprint density at radius 1 is 1.32 bits per heavy atom. The molecular weight excluding hydrogens is 292 g/mol. The third kappa shape index (κ3) is 4.17. The van der Waals surface area contributed by atoms with E-state index in [0.717, 1.165) is 6.07 Å². The monoisotopic (exact) mass is 300 g/mol. The van der Waals surface area contributed by atoms with Crippen molar-refractivity contribution in [2.45, 2.75) is 11.1 Å². The molecule has 1 aromatic rings. The first kappa shape index (κ1) is 15.4. The highest BCUT2D eigenvalue weighted by molar-refractivity contribution is 7.89. The van der Waals surface area contributed by atoms with E-state index in [0.29, 0.717) is 12.1 Å². The van der Waals surface area contributed by atoms with Gasteiger partial charge in [-0.05, 0) is 18.2 Å². The number of carbonyl (C=O) groups excluding carboxylic acids is 1. The summed E-state index contributed by atoms with van der Waals surface area (Å²) in [6, 6.07) is 1.92. The maximum Gasteiger partial charge on any atom is 0.402 e. The number of hydrogen-bond donors (Lipinski definition) is 2. The van der Waals surface area contributed by atoms with Gasteiger partial charge in [0.2, 0.25) is 10.0 Å². The van der Waals surface area contributed by atoms with Crippen molar-refractivity contribution in [3.8, 4) is 0 Å². The first-order valence-electron chi connectivity index (χ1n) is 4.69. The van der Waals surface area contributed by atoms with E-state index < -0.39 is 44.9 Å². The molecule has 10 heteroatoms. The summed E-state index contributed by atoms with van der Waals surface area (Å²) in [7, 11) is -4.51. The van der Waals surface area contributed by atoms with Crippen molar-refractivity contribution in [3.63, 3.8) is 0 Å². The fourth-order valence-electron chi connectivity index (χ4n) is 1.12. The molecule has 0 aliphatic carbocycles. The lowest BCUT2D eigenvalue weighted by Crippen LogP contribution is -2.33. The molecule has 5 nitrogen and oxygen atoms in total. The molecule has 1 rings (SSSR count). The van der Waals surface area contributed by atoms with Crippen molar-refractivity contribution in [2.24, 2.45) is 5.73 Å². The lowest BCUT2D eigenvalue weighted by molar-refractivity contribution is -0.121. The topological polar surface area (TPSA) is 89.3 Å². The number of amides is 1. The highest BCUT2D eigenvalue weighted by Gasteiger charge is 2.30. The van der Waals surface area contributed by atoms with E-state index in [9.17, 15) is 30.8 Å². The van der Waals surface area contributed by atoms with E-state index in [-0.39, 0.29) is 0 Å². The Hall–Kier alpha value is -1.68. The predicted molar refractivity (Wildman–Crippen MR) is 56.2 cm³/mol. The molecule has 3 N–H and O–H groups in total. The van der Waals surface area contributed by atoms with Crippen molar-refractivity contribution >= 4 is 15.9 Å². The van der Waals surface area contributed by atoms with Gasteiger partial charge in [-0.15, -0.1) is 0 Å². The van der Waals surface area contributed by atoms with Crippen molar-refractivity contribution in [1.29, 1.82) is 0 Å². The SMILES string of the molecule is NC(=O)c1cc(S(=O)(=O)NCC(F)(F)F)ccc1F. The van der Waals surface area contributed by atoms with E-state index in [1.54, 1.807) is 0 Å². The second-order valence-corrected chi connectivity index (χ2v) is 5.21. The van der Waals surface area contributed by atoms with Crippen LogP contribution < -0.4 is 10.5 Å². The molecule has 0 bridgehead atoms. The Balaban J connectivity index is 3.09. The molecule has 0 saturated heterocycles. The average molecular weight is 300 g/mol. The number of alkyl halides is 3. The first-order valence-corrected chi connectivity index (χ1v) is 6.17. The summed E-state index contributed by atoms with van der Waals surface area (Å²) < 4.78 is 73.1. The highest BCUT2D eigenvalue weighted by atomic mass is 32.2. The average Bonchev–Trinajstić information content (AvgIpc) is 2.25. The minimum Gasteiger partial charge on any atom is -0.366 e. The smallest absolute Gasteiger partial charge is 0.366 e. The third-order valence-corrected chi connectivity index (χ3v) is 3.38. The summed E-state index contributed by atoms with van der Waals surface area (Å²) in [5, 5.41) is 0. The van der Waals surface area contributed by atoms with Crippen LogP contribution in [-0.4, -0.2) is 27.0 Å². The van der Waals surface area contributed by atoms with Crippen LogP contribution in [0.5, 0.6) is 0 Å². The van der Waals surface area contributed by atoms with Gasteiger partial charge in [-0.1, -0.05) is 0 Å². The Morgan fingerprint density at radius 3 is 2.37 bits per heavy atom. The minimum absolute atomic E-state index is 0.566. The molecule has 106 valence electrons. The standard InChI is InChI=1S/C9H8F4N2O3S/c10-7-2-1-5(3-6(7)8(14)16)19(17,18)15-4-9(11,12)13/h1-3,15H,4H2,(H2,14,16). The lowest BCUT2D eigenvalue weighted by atomic mass is 10.2. The van der Waals surface area contributed by atoms with Gasteiger partial charge in [0.25, 0.3) is 5.91 Å². The predicted octanol–water partition coefficient (Wildman–Crippen LogP) is 0.765. The van der Waals surface area contributed by atoms with Crippen LogP contribution in [0.15, 0.2) is 23.1 Å². The van der Waals surface area contributed by atoms with Crippen LogP contribution in [0, 0.1) is 5.82 Å². The zero-order valence-corrected chi connectivity index (χ0v) is 9.98. The van der Waals surface area contributed by atoms with E-state index in [4.69, 9.17) is 5.73 Å². The zero-order chi connectivity index (χ0) is 14.8. The van der Waals surface area contributed by atoms with Gasteiger partial charge >= 0.3 is 6.18 Å². The Labute approximate surface area is 105 Å². The van der Waals surface area contributed by atoms with Crippen LogP contribution in [0.3, 0.4) is 0 Å². The van der Waals surface area contributed by atoms with Gasteiger partial charge in [-0.25, -0.2) is 17.5 Å². The number of carbonyl (C=O) groups is 1. The van der Waals surface area contributed by atoms with Crippen molar-refractivity contribution in [3.05, 3.63) is 29.6 Å². The molecule has 1 amide bonds. The molecule has 0 fully saturated rings. The van der Waals surface area contributed by atoms with Gasteiger partial charge in [0, 0.05) is 0 Å². The van der Waals surface area contributed by atoms with Crippen LogP contribution in [0.25, 0.3) is 0 Å². The fourth-order valence-corrected chi connectivity index (χ4v) is 2.16. The van der Waals surface area contributed by atoms with Gasteiger partial charge in [0.15, 0.2) is 0 Å². The van der Waals surface area contributed by atoms with Crippen molar-refractivity contribution in [2.75, 3.05) is 6.54 Å². The summed E-state index contributed by atoms with van der Waals surface area (Å²) in [6.45, 7) is -1.78. The van der Waals surface area contributed by atoms with Crippen LogP contribution in [-0.2, 0) is 10.0 Å². The number of nitrogens with two attached hydrogens (primary N) is 1. The maximum absolute atomic E-state index is 13.1. The molecule has 1 aromatic carbocycles. The summed E-state index contributed by atoms with van der Waals surface area (Å²) in [5.74, 6) is -2.30. The van der Waals surface area contributed by atoms with Crippen LogP contribution >= 0.6 is 0 Å². The summed E-state index contributed by atoms with van der Waals surface area (Å²) in [6.07, 6.45) is -4.74. The minimum atomic E-state index is -4.74. The van der Waals surface area contributed by atoms with E-state index in [1.807, 2.05) is 0 Å². The summed E-state index contributed by atoms with van der Waals surface area (Å²) in [5.41, 5.74) is 4.07. The van der Waals surface area contributed by atoms with E-state index in [1.165, 1.54) is 4.72 Å². The Kier molecular flexibility index (Phi) is 4.15. The molecule has 0 aliphatic heterocycles. The van der Waals surface area contributed by atoms with E-state index >= 15 is 0 Å². The third-order valence-electron chi connectivity index (χ3n) is 1.98. The molecule has 0 aromatic heterocycles. The molecule has 0 heterocycles. The lowest BCUT2D eigenvalue weighted by Gasteiger charge is -2.10. The quantitative estimate of drug-likeness (QED) is 0.805. The van der Waals surface area contributed by atoms with Crippen LogP contribution in [0.1, 0.15) is 10.4 Å². The molecule has 0 spiro atoms. The molecule has 0 radical (unpaired) electrons. The van der Waals surface area contributed by atoms with E-state index in [2.05, 4.69) is 0 Å². The number of primary amides is 1. The van der Waals surface area contributed by atoms with Gasteiger partial charge in [0.05, 0.1) is 10.5 Å². The summed E-state index contributed by atoms with van der Waals surface area (Å²) >= 11 is 0. The Morgan fingerprint density at radius 2 is 1.89 bits per heavy atom. The molecule has 0 unspecified atom stereocenters. The molecule has 0 atom stereocenters.